The van der Waals surface area contributed by atoms with Gasteiger partial charge in [0.1, 0.15) is 0 Å². The highest BCUT2D eigenvalue weighted by molar-refractivity contribution is 6.06. The average molecular weight is 583 g/mol. The Labute approximate surface area is 262 Å². The SMILES string of the molecule is CC.CC.Cc1cc(C)nc(N(c2ccccc2)c2cccc3c(N(c4ccccc4)c4nc(C)cc(C)n4)cccc23)n1. The van der Waals surface area contributed by atoms with Gasteiger partial charge >= 0.3 is 0 Å². The molecule has 6 heteroatoms. The lowest BCUT2D eigenvalue weighted by molar-refractivity contribution is 1.01. The van der Waals surface area contributed by atoms with Crippen LogP contribution in [0.15, 0.2) is 109 Å². The standard InChI is InChI=1S/C34H30N6.2C2H6/c1-23-21-24(2)36-33(35-23)39(27-13-7-5-8-14-27)31-19-11-18-30-29(31)17-12-20-32(30)40(28-15-9-6-10-16-28)34-37-25(3)22-26(4)38-34;2*1-2/h5-22H,1-4H3;2*1-2H3. The number of aromatic nitrogens is 4. The first kappa shape index (κ1) is 31.8. The van der Waals surface area contributed by atoms with Gasteiger partial charge in [0, 0.05) is 44.9 Å². The van der Waals surface area contributed by atoms with Gasteiger partial charge in [-0.25, -0.2) is 19.9 Å². The third-order valence-corrected chi connectivity index (χ3v) is 6.73. The van der Waals surface area contributed by atoms with Gasteiger partial charge in [-0.2, -0.15) is 0 Å². The van der Waals surface area contributed by atoms with Crippen molar-refractivity contribution in [3.8, 4) is 0 Å². The second-order valence-electron chi connectivity index (χ2n) is 9.89. The van der Waals surface area contributed by atoms with E-state index >= 15 is 0 Å². The van der Waals surface area contributed by atoms with Crippen LogP contribution in [0.3, 0.4) is 0 Å². The molecule has 0 bridgehead atoms. The fraction of sp³-hybridized carbons (Fsp3) is 0.211. The maximum atomic E-state index is 4.85. The van der Waals surface area contributed by atoms with Gasteiger partial charge in [0.15, 0.2) is 0 Å². The molecule has 6 aromatic rings. The van der Waals surface area contributed by atoms with Crippen molar-refractivity contribution in [3.05, 3.63) is 132 Å². The minimum Gasteiger partial charge on any atom is -0.279 e. The highest BCUT2D eigenvalue weighted by atomic mass is 15.3. The van der Waals surface area contributed by atoms with Crippen LogP contribution in [0.2, 0.25) is 0 Å². The summed E-state index contributed by atoms with van der Waals surface area (Å²) in [7, 11) is 0. The summed E-state index contributed by atoms with van der Waals surface area (Å²) in [6.45, 7) is 16.0. The molecule has 0 aliphatic rings. The van der Waals surface area contributed by atoms with Gasteiger partial charge in [0.25, 0.3) is 0 Å². The van der Waals surface area contributed by atoms with E-state index in [1.54, 1.807) is 0 Å². The van der Waals surface area contributed by atoms with Crippen LogP contribution in [0.5, 0.6) is 0 Å². The third-order valence-electron chi connectivity index (χ3n) is 6.73. The zero-order valence-corrected chi connectivity index (χ0v) is 27.1. The quantitative estimate of drug-likeness (QED) is 0.195. The maximum Gasteiger partial charge on any atom is 0.235 e. The lowest BCUT2D eigenvalue weighted by Crippen LogP contribution is -2.16. The van der Waals surface area contributed by atoms with E-state index in [4.69, 9.17) is 19.9 Å². The summed E-state index contributed by atoms with van der Waals surface area (Å²) in [4.78, 5) is 23.7. The largest absolute Gasteiger partial charge is 0.279 e. The van der Waals surface area contributed by atoms with Gasteiger partial charge in [-0.05, 0) is 76.2 Å². The first-order valence-electron chi connectivity index (χ1n) is 15.3. The number of rotatable bonds is 6. The second-order valence-corrected chi connectivity index (χ2v) is 9.89. The summed E-state index contributed by atoms with van der Waals surface area (Å²) in [5.74, 6) is 1.28. The van der Waals surface area contributed by atoms with Crippen molar-refractivity contribution in [2.24, 2.45) is 0 Å². The first-order chi connectivity index (χ1) is 21.5. The fourth-order valence-electron chi connectivity index (χ4n) is 5.16. The topological polar surface area (TPSA) is 58.0 Å². The number of aryl methyl sites for hydroxylation is 4. The van der Waals surface area contributed by atoms with E-state index in [2.05, 4.69) is 70.5 Å². The van der Waals surface area contributed by atoms with Gasteiger partial charge in [-0.15, -0.1) is 0 Å². The molecular weight excluding hydrogens is 540 g/mol. The molecule has 0 amide bonds. The van der Waals surface area contributed by atoms with Crippen molar-refractivity contribution in [2.75, 3.05) is 9.80 Å². The van der Waals surface area contributed by atoms with Crippen LogP contribution in [0.25, 0.3) is 10.8 Å². The molecule has 2 aromatic heterocycles. The van der Waals surface area contributed by atoms with Crippen molar-refractivity contribution < 1.29 is 0 Å². The number of hydrogen-bond donors (Lipinski definition) is 0. The van der Waals surface area contributed by atoms with Gasteiger partial charge in [-0.1, -0.05) is 88.4 Å². The Morgan fingerprint density at radius 2 is 0.705 bits per heavy atom. The normalized spacial score (nSPS) is 10.3. The molecule has 0 unspecified atom stereocenters. The molecule has 0 N–H and O–H groups in total. The Morgan fingerprint density at radius 1 is 0.386 bits per heavy atom. The van der Waals surface area contributed by atoms with Crippen LogP contribution in [0, 0.1) is 27.7 Å². The van der Waals surface area contributed by atoms with Gasteiger partial charge in [0.2, 0.25) is 11.9 Å². The van der Waals surface area contributed by atoms with E-state index in [0.717, 1.165) is 56.3 Å². The van der Waals surface area contributed by atoms with E-state index in [0.29, 0.717) is 11.9 Å². The molecule has 2 heterocycles. The molecule has 4 aromatic carbocycles. The minimum atomic E-state index is 0.638. The number of anilines is 6. The molecule has 224 valence electrons. The Balaban J connectivity index is 0.00000106. The predicted molar refractivity (Wildman–Crippen MR) is 186 cm³/mol. The summed E-state index contributed by atoms with van der Waals surface area (Å²) in [5, 5.41) is 2.13. The zero-order valence-electron chi connectivity index (χ0n) is 27.1. The second kappa shape index (κ2) is 14.9. The smallest absolute Gasteiger partial charge is 0.235 e. The molecule has 44 heavy (non-hydrogen) atoms. The van der Waals surface area contributed by atoms with E-state index in [-0.39, 0.29) is 0 Å². The Hall–Kier alpha value is -5.10. The predicted octanol–water partition coefficient (Wildman–Crippen LogP) is 10.6. The van der Waals surface area contributed by atoms with E-state index in [9.17, 15) is 0 Å². The summed E-state index contributed by atoms with van der Waals surface area (Å²) < 4.78 is 0. The van der Waals surface area contributed by atoms with Crippen molar-refractivity contribution in [2.45, 2.75) is 55.4 Å². The molecule has 0 saturated carbocycles. The number of nitrogens with zero attached hydrogens (tertiary/aromatic N) is 6. The van der Waals surface area contributed by atoms with Crippen molar-refractivity contribution in [1.29, 1.82) is 0 Å². The molecular formula is C38H42N6. The van der Waals surface area contributed by atoms with Crippen LogP contribution in [-0.2, 0) is 0 Å². The number of para-hydroxylation sites is 2. The summed E-state index contributed by atoms with van der Waals surface area (Å²) in [5.41, 5.74) is 7.65. The van der Waals surface area contributed by atoms with Crippen LogP contribution in [0.4, 0.5) is 34.6 Å². The Kier molecular flexibility index (Phi) is 10.8. The summed E-state index contributed by atoms with van der Waals surface area (Å²) in [6.07, 6.45) is 0. The molecule has 0 fully saturated rings. The van der Waals surface area contributed by atoms with Crippen LogP contribution in [0.1, 0.15) is 50.5 Å². The molecule has 0 atom stereocenters. The van der Waals surface area contributed by atoms with Crippen LogP contribution in [-0.4, -0.2) is 19.9 Å². The Bertz CT molecular complexity index is 1630. The van der Waals surface area contributed by atoms with Crippen molar-refractivity contribution >= 4 is 45.4 Å². The highest BCUT2D eigenvalue weighted by Gasteiger charge is 2.22. The average Bonchev–Trinajstić information content (AvgIpc) is 3.04. The summed E-state index contributed by atoms with van der Waals surface area (Å²) >= 11 is 0. The van der Waals surface area contributed by atoms with E-state index in [1.165, 1.54) is 0 Å². The Morgan fingerprint density at radius 3 is 1.02 bits per heavy atom. The van der Waals surface area contributed by atoms with Crippen molar-refractivity contribution in [1.82, 2.24) is 19.9 Å². The molecule has 0 saturated heterocycles. The maximum absolute atomic E-state index is 4.85. The molecule has 0 aliphatic carbocycles. The number of benzene rings is 4. The summed E-state index contributed by atoms with van der Waals surface area (Å²) in [6, 6.07) is 37.3. The first-order valence-corrected chi connectivity index (χ1v) is 15.3. The highest BCUT2D eigenvalue weighted by Crippen LogP contribution is 2.42. The molecule has 0 radical (unpaired) electrons. The van der Waals surface area contributed by atoms with E-state index in [1.807, 2.05) is 104 Å². The lowest BCUT2D eigenvalue weighted by Gasteiger charge is -2.28. The number of fused-ring (bicyclic) bond motifs is 1. The molecule has 0 aliphatic heterocycles. The third kappa shape index (κ3) is 6.92. The number of hydrogen-bond acceptors (Lipinski definition) is 6. The minimum absolute atomic E-state index is 0.638. The zero-order chi connectivity index (χ0) is 31.6. The molecule has 0 spiro atoms. The fourth-order valence-corrected chi connectivity index (χ4v) is 5.16. The van der Waals surface area contributed by atoms with Gasteiger partial charge < -0.3 is 0 Å². The monoisotopic (exact) mass is 582 g/mol. The molecule has 6 nitrogen and oxygen atoms in total. The molecule has 6 rings (SSSR count). The van der Waals surface area contributed by atoms with Crippen molar-refractivity contribution in [3.63, 3.8) is 0 Å². The van der Waals surface area contributed by atoms with Crippen LogP contribution >= 0.6 is 0 Å². The van der Waals surface area contributed by atoms with Crippen LogP contribution < -0.4 is 9.80 Å². The van der Waals surface area contributed by atoms with Gasteiger partial charge in [-0.3, -0.25) is 9.80 Å². The lowest BCUT2D eigenvalue weighted by atomic mass is 10.0. The van der Waals surface area contributed by atoms with E-state index < -0.39 is 0 Å². The van der Waals surface area contributed by atoms with Gasteiger partial charge in [0.05, 0.1) is 11.4 Å².